The van der Waals surface area contributed by atoms with Crippen LogP contribution >= 0.6 is 0 Å². The Kier molecular flexibility index (Phi) is 8.67. The fourth-order valence-electron chi connectivity index (χ4n) is 2.30. The van der Waals surface area contributed by atoms with E-state index in [-0.39, 0.29) is 30.3 Å². The van der Waals surface area contributed by atoms with Crippen LogP contribution < -0.4 is 20.1 Å². The summed E-state index contributed by atoms with van der Waals surface area (Å²) in [6, 6.07) is 11.7. The molecule has 0 spiro atoms. The van der Waals surface area contributed by atoms with Crippen molar-refractivity contribution in [3.05, 3.63) is 65.7 Å². The van der Waals surface area contributed by atoms with Crippen molar-refractivity contribution in [1.82, 2.24) is 10.6 Å². The van der Waals surface area contributed by atoms with E-state index in [2.05, 4.69) is 20.1 Å². The Morgan fingerprint density at radius 2 is 1.57 bits per heavy atom. The summed E-state index contributed by atoms with van der Waals surface area (Å²) >= 11 is 0. The molecule has 0 aliphatic carbocycles. The first-order valence-corrected chi connectivity index (χ1v) is 8.68. The third kappa shape index (κ3) is 7.82. The Balaban J connectivity index is 1.88. The standard InChI is InChI=1S/C20H18F4N2O4/c21-19(22)29-15-8-6-13(16(12-15)30-20(23)24)7-9-17(27)25-10-11-26-18(28)14-4-2-1-3-5-14/h1-9,12,19-20H,10-11H2,(H,25,27)(H,26,28)/b9-7+. The highest BCUT2D eigenvalue weighted by Crippen LogP contribution is 2.28. The van der Waals surface area contributed by atoms with Crippen LogP contribution in [-0.2, 0) is 4.79 Å². The van der Waals surface area contributed by atoms with Gasteiger partial charge in [0.2, 0.25) is 5.91 Å². The first-order valence-electron chi connectivity index (χ1n) is 8.68. The highest BCUT2D eigenvalue weighted by atomic mass is 19.3. The van der Waals surface area contributed by atoms with E-state index in [1.807, 2.05) is 0 Å². The van der Waals surface area contributed by atoms with Crippen LogP contribution in [0.15, 0.2) is 54.6 Å². The molecule has 160 valence electrons. The fourth-order valence-corrected chi connectivity index (χ4v) is 2.30. The molecule has 6 nitrogen and oxygen atoms in total. The Morgan fingerprint density at radius 3 is 2.23 bits per heavy atom. The topological polar surface area (TPSA) is 76.7 Å². The summed E-state index contributed by atoms with van der Waals surface area (Å²) in [4.78, 5) is 23.7. The molecule has 0 fully saturated rings. The molecule has 30 heavy (non-hydrogen) atoms. The van der Waals surface area contributed by atoms with E-state index < -0.39 is 24.9 Å². The van der Waals surface area contributed by atoms with Gasteiger partial charge in [0.1, 0.15) is 11.5 Å². The number of ether oxygens (including phenoxy) is 2. The van der Waals surface area contributed by atoms with Gasteiger partial charge in [-0.25, -0.2) is 0 Å². The van der Waals surface area contributed by atoms with E-state index in [1.165, 1.54) is 12.1 Å². The Bertz CT molecular complexity index is 876. The molecule has 0 aliphatic heterocycles. The molecule has 0 aliphatic rings. The van der Waals surface area contributed by atoms with Gasteiger partial charge in [-0.1, -0.05) is 18.2 Å². The second-order valence-electron chi connectivity index (χ2n) is 5.70. The van der Waals surface area contributed by atoms with Gasteiger partial charge in [-0.05, 0) is 30.3 Å². The van der Waals surface area contributed by atoms with E-state index >= 15 is 0 Å². The van der Waals surface area contributed by atoms with Crippen molar-refractivity contribution in [1.29, 1.82) is 0 Å². The van der Waals surface area contributed by atoms with Gasteiger partial charge in [-0.2, -0.15) is 17.6 Å². The third-order valence-corrected chi connectivity index (χ3v) is 3.59. The van der Waals surface area contributed by atoms with Gasteiger partial charge < -0.3 is 20.1 Å². The third-order valence-electron chi connectivity index (χ3n) is 3.59. The van der Waals surface area contributed by atoms with Gasteiger partial charge in [0, 0.05) is 36.4 Å². The molecule has 10 heteroatoms. The molecule has 0 aromatic heterocycles. The van der Waals surface area contributed by atoms with Crippen molar-refractivity contribution in [3.8, 4) is 11.5 Å². The summed E-state index contributed by atoms with van der Waals surface area (Å²) < 4.78 is 58.0. The van der Waals surface area contributed by atoms with E-state index in [9.17, 15) is 27.2 Å². The molecule has 0 saturated carbocycles. The maximum absolute atomic E-state index is 12.5. The van der Waals surface area contributed by atoms with Crippen molar-refractivity contribution in [3.63, 3.8) is 0 Å². The van der Waals surface area contributed by atoms with Gasteiger partial charge in [0.15, 0.2) is 0 Å². The Hall–Kier alpha value is -3.56. The van der Waals surface area contributed by atoms with Crippen LogP contribution in [0.1, 0.15) is 15.9 Å². The first-order chi connectivity index (χ1) is 14.3. The summed E-state index contributed by atoms with van der Waals surface area (Å²) in [6.07, 6.45) is 2.24. The molecule has 0 unspecified atom stereocenters. The molecule has 0 radical (unpaired) electrons. The van der Waals surface area contributed by atoms with Crippen LogP contribution in [0.4, 0.5) is 17.6 Å². The number of carbonyl (C=O) groups excluding carboxylic acids is 2. The number of amides is 2. The monoisotopic (exact) mass is 426 g/mol. The minimum atomic E-state index is -3.19. The normalized spacial score (nSPS) is 11.0. The quantitative estimate of drug-likeness (QED) is 0.347. The van der Waals surface area contributed by atoms with E-state index in [1.54, 1.807) is 30.3 Å². The highest BCUT2D eigenvalue weighted by molar-refractivity contribution is 5.94. The lowest BCUT2D eigenvalue weighted by Crippen LogP contribution is -2.33. The smallest absolute Gasteiger partial charge is 0.387 e. The molecule has 0 atom stereocenters. The van der Waals surface area contributed by atoms with Crippen LogP contribution in [-0.4, -0.2) is 38.1 Å². The summed E-state index contributed by atoms with van der Waals surface area (Å²) in [5.41, 5.74) is 0.541. The number of nitrogens with one attached hydrogen (secondary N) is 2. The maximum atomic E-state index is 12.5. The first kappa shape index (κ1) is 22.7. The van der Waals surface area contributed by atoms with Crippen molar-refractivity contribution >= 4 is 17.9 Å². The van der Waals surface area contributed by atoms with Crippen LogP contribution in [0.3, 0.4) is 0 Å². The molecule has 2 aromatic carbocycles. The fraction of sp³-hybridized carbons (Fsp3) is 0.200. The lowest BCUT2D eigenvalue weighted by atomic mass is 10.1. The zero-order chi connectivity index (χ0) is 21.9. The zero-order valence-electron chi connectivity index (χ0n) is 15.5. The van der Waals surface area contributed by atoms with E-state index in [0.717, 1.165) is 18.2 Å². The van der Waals surface area contributed by atoms with Gasteiger partial charge in [0.05, 0.1) is 0 Å². The number of carbonyl (C=O) groups is 2. The Labute approximate surface area is 169 Å². The van der Waals surface area contributed by atoms with E-state index in [0.29, 0.717) is 5.56 Å². The van der Waals surface area contributed by atoms with Crippen molar-refractivity contribution in [2.45, 2.75) is 13.2 Å². The van der Waals surface area contributed by atoms with Crippen LogP contribution in [0.25, 0.3) is 6.08 Å². The lowest BCUT2D eigenvalue weighted by Gasteiger charge is -2.11. The van der Waals surface area contributed by atoms with Gasteiger partial charge in [-0.3, -0.25) is 9.59 Å². The molecular formula is C20H18F4N2O4. The van der Waals surface area contributed by atoms with Gasteiger partial charge in [0.25, 0.3) is 5.91 Å². The highest BCUT2D eigenvalue weighted by Gasteiger charge is 2.12. The van der Waals surface area contributed by atoms with Crippen molar-refractivity contribution in [2.24, 2.45) is 0 Å². The maximum Gasteiger partial charge on any atom is 0.387 e. The second kappa shape index (κ2) is 11.4. The Morgan fingerprint density at radius 1 is 0.900 bits per heavy atom. The number of alkyl halides is 4. The predicted molar refractivity (Wildman–Crippen MR) is 101 cm³/mol. The van der Waals surface area contributed by atoms with Crippen LogP contribution in [0.2, 0.25) is 0 Å². The molecule has 0 saturated heterocycles. The number of rotatable bonds is 10. The molecule has 2 amide bonds. The summed E-state index contributed by atoms with van der Waals surface area (Å²) in [6.45, 7) is -6.02. The zero-order valence-corrected chi connectivity index (χ0v) is 15.5. The molecule has 2 rings (SSSR count). The largest absolute Gasteiger partial charge is 0.435 e. The SMILES string of the molecule is O=C(/C=C/c1ccc(OC(F)F)cc1OC(F)F)NCCNC(=O)c1ccccc1. The van der Waals surface area contributed by atoms with Crippen LogP contribution in [0.5, 0.6) is 11.5 Å². The number of hydrogen-bond donors (Lipinski definition) is 2. The average molecular weight is 426 g/mol. The number of benzene rings is 2. The minimum Gasteiger partial charge on any atom is -0.435 e. The molecule has 0 heterocycles. The van der Waals surface area contributed by atoms with Gasteiger partial charge >= 0.3 is 13.2 Å². The number of hydrogen-bond acceptors (Lipinski definition) is 4. The molecular weight excluding hydrogens is 408 g/mol. The second-order valence-corrected chi connectivity index (χ2v) is 5.70. The van der Waals surface area contributed by atoms with Crippen molar-refractivity contribution in [2.75, 3.05) is 13.1 Å². The van der Waals surface area contributed by atoms with E-state index in [4.69, 9.17) is 0 Å². The predicted octanol–water partition coefficient (Wildman–Crippen LogP) is 3.45. The number of halogens is 4. The lowest BCUT2D eigenvalue weighted by molar-refractivity contribution is -0.116. The molecule has 0 bridgehead atoms. The molecule has 2 aromatic rings. The summed E-state index contributed by atoms with van der Waals surface area (Å²) in [5, 5.41) is 5.13. The average Bonchev–Trinajstić information content (AvgIpc) is 2.70. The van der Waals surface area contributed by atoms with Crippen molar-refractivity contribution < 1.29 is 36.6 Å². The summed E-state index contributed by atoms with van der Waals surface area (Å²) in [5.74, 6) is -1.64. The van der Waals surface area contributed by atoms with Gasteiger partial charge in [-0.15, -0.1) is 0 Å². The summed E-state index contributed by atoms with van der Waals surface area (Å²) in [7, 11) is 0. The molecule has 2 N–H and O–H groups in total. The minimum absolute atomic E-state index is 0.0597. The van der Waals surface area contributed by atoms with Crippen LogP contribution in [0, 0.1) is 0 Å².